The van der Waals surface area contributed by atoms with Gasteiger partial charge in [-0.15, -0.1) is 0 Å². The minimum absolute atomic E-state index is 0.124. The number of benzene rings is 1. The first-order valence-corrected chi connectivity index (χ1v) is 10.2. The third-order valence-corrected chi connectivity index (χ3v) is 6.47. The van der Waals surface area contributed by atoms with Crippen LogP contribution >= 0.6 is 0 Å². The first kappa shape index (κ1) is 19.2. The van der Waals surface area contributed by atoms with Crippen molar-refractivity contribution in [3.63, 3.8) is 0 Å². The Morgan fingerprint density at radius 2 is 2.08 bits per heavy atom. The standard InChI is InChI=1S/C17H24FN3O4S/c18-13-3-1-5-15(11-13)26(23,24)20-14-4-2-8-21(12-14)16(22)17(19)6-9-25-10-7-17/h1,3,5,11,14,20H,2,4,6-10,12,19H2. The molecule has 1 atom stereocenters. The molecular formula is C17H24FN3O4S. The van der Waals surface area contributed by atoms with Gasteiger partial charge in [-0.3, -0.25) is 4.79 Å². The van der Waals surface area contributed by atoms with E-state index in [0.29, 0.717) is 45.4 Å². The van der Waals surface area contributed by atoms with Crippen LogP contribution in [0.25, 0.3) is 0 Å². The number of amides is 1. The van der Waals surface area contributed by atoms with Gasteiger partial charge in [0, 0.05) is 32.3 Å². The fourth-order valence-corrected chi connectivity index (χ4v) is 4.74. The maximum Gasteiger partial charge on any atom is 0.242 e. The molecule has 0 spiro atoms. The minimum Gasteiger partial charge on any atom is -0.381 e. The Balaban J connectivity index is 1.67. The van der Waals surface area contributed by atoms with Gasteiger partial charge < -0.3 is 15.4 Å². The first-order valence-electron chi connectivity index (χ1n) is 8.74. The molecule has 1 aromatic rings. The summed E-state index contributed by atoms with van der Waals surface area (Å²) in [7, 11) is -3.85. The van der Waals surface area contributed by atoms with E-state index in [1.807, 2.05) is 0 Å². The summed E-state index contributed by atoms with van der Waals surface area (Å²) in [6.07, 6.45) is 2.21. The lowest BCUT2D eigenvalue weighted by Crippen LogP contribution is -2.61. The zero-order chi connectivity index (χ0) is 18.8. The number of nitrogens with zero attached hydrogens (tertiary/aromatic N) is 1. The fourth-order valence-electron chi connectivity index (χ4n) is 3.44. The molecule has 1 aromatic carbocycles. The average Bonchev–Trinajstić information content (AvgIpc) is 2.61. The molecule has 0 aromatic heterocycles. The summed E-state index contributed by atoms with van der Waals surface area (Å²) in [5, 5.41) is 0. The molecule has 26 heavy (non-hydrogen) atoms. The number of hydrogen-bond acceptors (Lipinski definition) is 5. The number of halogens is 1. The Morgan fingerprint density at radius 3 is 2.77 bits per heavy atom. The maximum absolute atomic E-state index is 13.3. The van der Waals surface area contributed by atoms with Crippen LogP contribution in [0.4, 0.5) is 4.39 Å². The van der Waals surface area contributed by atoms with Gasteiger partial charge in [-0.05, 0) is 43.9 Å². The number of rotatable bonds is 4. The largest absolute Gasteiger partial charge is 0.381 e. The van der Waals surface area contributed by atoms with E-state index < -0.39 is 27.4 Å². The molecule has 3 rings (SSSR count). The maximum atomic E-state index is 13.3. The van der Waals surface area contributed by atoms with Gasteiger partial charge in [0.2, 0.25) is 15.9 Å². The molecule has 0 bridgehead atoms. The molecule has 2 heterocycles. The van der Waals surface area contributed by atoms with Crippen LogP contribution in [-0.4, -0.2) is 57.1 Å². The molecule has 0 radical (unpaired) electrons. The quantitative estimate of drug-likeness (QED) is 0.790. The van der Waals surface area contributed by atoms with Gasteiger partial charge >= 0.3 is 0 Å². The van der Waals surface area contributed by atoms with Crippen LogP contribution in [0.3, 0.4) is 0 Å². The predicted octanol–water partition coefficient (Wildman–Crippen LogP) is 0.603. The van der Waals surface area contributed by atoms with E-state index in [-0.39, 0.29) is 17.3 Å². The summed E-state index contributed by atoms with van der Waals surface area (Å²) >= 11 is 0. The third kappa shape index (κ3) is 4.22. The molecule has 1 unspecified atom stereocenters. The van der Waals surface area contributed by atoms with Crippen molar-refractivity contribution >= 4 is 15.9 Å². The highest BCUT2D eigenvalue weighted by Crippen LogP contribution is 2.23. The fraction of sp³-hybridized carbons (Fsp3) is 0.588. The van der Waals surface area contributed by atoms with Gasteiger partial charge in [-0.1, -0.05) is 6.07 Å². The lowest BCUT2D eigenvalue weighted by Gasteiger charge is -2.40. The van der Waals surface area contributed by atoms with Gasteiger partial charge in [0.25, 0.3) is 0 Å². The van der Waals surface area contributed by atoms with E-state index in [0.717, 1.165) is 6.07 Å². The van der Waals surface area contributed by atoms with Crippen molar-refractivity contribution in [3.05, 3.63) is 30.1 Å². The lowest BCUT2D eigenvalue weighted by atomic mass is 9.89. The summed E-state index contributed by atoms with van der Waals surface area (Å²) in [6.45, 7) is 1.71. The van der Waals surface area contributed by atoms with Crippen molar-refractivity contribution in [1.29, 1.82) is 0 Å². The van der Waals surface area contributed by atoms with Gasteiger partial charge in [0.05, 0.1) is 10.4 Å². The molecule has 9 heteroatoms. The van der Waals surface area contributed by atoms with Gasteiger partial charge in [-0.25, -0.2) is 17.5 Å². The predicted molar refractivity (Wildman–Crippen MR) is 93.3 cm³/mol. The van der Waals surface area contributed by atoms with Crippen molar-refractivity contribution in [2.45, 2.75) is 42.2 Å². The second kappa shape index (κ2) is 7.59. The minimum atomic E-state index is -3.85. The van der Waals surface area contributed by atoms with Crippen molar-refractivity contribution in [2.24, 2.45) is 5.73 Å². The summed E-state index contributed by atoms with van der Waals surface area (Å²) in [5.41, 5.74) is 5.32. The number of nitrogens with two attached hydrogens (primary N) is 1. The molecule has 2 aliphatic rings. The molecule has 1 amide bonds. The Kier molecular flexibility index (Phi) is 5.61. The van der Waals surface area contributed by atoms with Crippen LogP contribution in [0.2, 0.25) is 0 Å². The lowest BCUT2D eigenvalue weighted by molar-refractivity contribution is -0.141. The summed E-state index contributed by atoms with van der Waals surface area (Å²) in [4.78, 5) is 14.3. The van der Waals surface area contributed by atoms with Crippen LogP contribution in [0.5, 0.6) is 0 Å². The molecule has 7 nitrogen and oxygen atoms in total. The molecule has 2 saturated heterocycles. The van der Waals surface area contributed by atoms with Gasteiger partial charge in [0.15, 0.2) is 0 Å². The molecule has 0 aliphatic carbocycles. The van der Waals surface area contributed by atoms with Crippen molar-refractivity contribution in [1.82, 2.24) is 9.62 Å². The normalized spacial score (nSPS) is 23.6. The van der Waals surface area contributed by atoms with E-state index in [4.69, 9.17) is 10.5 Å². The molecule has 2 fully saturated rings. The smallest absolute Gasteiger partial charge is 0.242 e. The van der Waals surface area contributed by atoms with Crippen LogP contribution in [0.15, 0.2) is 29.2 Å². The van der Waals surface area contributed by atoms with Gasteiger partial charge in [0.1, 0.15) is 5.82 Å². The van der Waals surface area contributed by atoms with Gasteiger partial charge in [-0.2, -0.15) is 0 Å². The van der Waals surface area contributed by atoms with Crippen LogP contribution in [0, 0.1) is 5.82 Å². The summed E-state index contributed by atoms with van der Waals surface area (Å²) in [6, 6.07) is 4.43. The van der Waals surface area contributed by atoms with Crippen LogP contribution < -0.4 is 10.5 Å². The topological polar surface area (TPSA) is 102 Å². The molecule has 2 aliphatic heterocycles. The third-order valence-electron chi connectivity index (χ3n) is 4.95. The Hall–Kier alpha value is -1.55. The Labute approximate surface area is 152 Å². The monoisotopic (exact) mass is 385 g/mol. The highest BCUT2D eigenvalue weighted by atomic mass is 32.2. The highest BCUT2D eigenvalue weighted by molar-refractivity contribution is 7.89. The molecule has 0 saturated carbocycles. The number of hydrogen-bond donors (Lipinski definition) is 2. The number of carbonyl (C=O) groups is 1. The van der Waals surface area contributed by atoms with Crippen LogP contribution in [0.1, 0.15) is 25.7 Å². The number of ether oxygens (including phenoxy) is 1. The molecule has 3 N–H and O–H groups in total. The van der Waals surface area contributed by atoms with E-state index in [1.165, 1.54) is 18.2 Å². The SMILES string of the molecule is NC1(C(=O)N2CCCC(NS(=O)(=O)c3cccc(F)c3)C2)CCOCC1. The van der Waals surface area contributed by atoms with Crippen molar-refractivity contribution < 1.29 is 22.3 Å². The zero-order valence-electron chi connectivity index (χ0n) is 14.5. The number of likely N-dealkylation sites (tertiary alicyclic amines) is 1. The first-order chi connectivity index (χ1) is 12.3. The van der Waals surface area contributed by atoms with Crippen molar-refractivity contribution in [3.8, 4) is 0 Å². The van der Waals surface area contributed by atoms with Crippen molar-refractivity contribution in [2.75, 3.05) is 26.3 Å². The number of sulfonamides is 1. The summed E-state index contributed by atoms with van der Waals surface area (Å²) < 4.78 is 46.1. The number of carbonyl (C=O) groups excluding carboxylic acids is 1. The average molecular weight is 385 g/mol. The second-order valence-corrected chi connectivity index (χ2v) is 8.65. The zero-order valence-corrected chi connectivity index (χ0v) is 15.3. The highest BCUT2D eigenvalue weighted by Gasteiger charge is 2.40. The van der Waals surface area contributed by atoms with E-state index in [9.17, 15) is 17.6 Å². The van der Waals surface area contributed by atoms with E-state index >= 15 is 0 Å². The molecular weight excluding hydrogens is 361 g/mol. The summed E-state index contributed by atoms with van der Waals surface area (Å²) in [5.74, 6) is -0.770. The second-order valence-electron chi connectivity index (χ2n) is 6.94. The molecule has 144 valence electrons. The number of nitrogens with one attached hydrogen (secondary N) is 1. The van der Waals surface area contributed by atoms with E-state index in [2.05, 4.69) is 4.72 Å². The van der Waals surface area contributed by atoms with E-state index in [1.54, 1.807) is 4.90 Å². The Morgan fingerprint density at radius 1 is 1.35 bits per heavy atom. The number of piperidine rings is 1. The van der Waals surface area contributed by atoms with Crippen LogP contribution in [-0.2, 0) is 19.6 Å². The Bertz CT molecular complexity index is 765.